The first-order valence-electron chi connectivity index (χ1n) is 10.2. The molecular formula is C19H38IN5O. The number of guanidine groups is 1. The Kier molecular flexibility index (Phi) is 12.3. The lowest BCUT2D eigenvalue weighted by atomic mass is 10.0. The molecule has 7 heteroatoms. The van der Waals surface area contributed by atoms with E-state index < -0.39 is 0 Å². The van der Waals surface area contributed by atoms with Gasteiger partial charge in [-0.05, 0) is 52.5 Å². The number of aliphatic imine (C=N–C) groups is 1. The van der Waals surface area contributed by atoms with Crippen molar-refractivity contribution in [2.24, 2.45) is 4.99 Å². The molecule has 1 amide bonds. The topological polar surface area (TPSA) is 60.0 Å². The van der Waals surface area contributed by atoms with Crippen molar-refractivity contribution in [1.29, 1.82) is 0 Å². The van der Waals surface area contributed by atoms with Crippen molar-refractivity contribution in [2.45, 2.75) is 64.8 Å². The molecule has 2 N–H and O–H groups in total. The maximum atomic E-state index is 11.6. The smallest absolute Gasteiger partial charge is 0.222 e. The second kappa shape index (κ2) is 13.6. The summed E-state index contributed by atoms with van der Waals surface area (Å²) < 4.78 is 0. The van der Waals surface area contributed by atoms with Crippen LogP contribution in [0.25, 0.3) is 0 Å². The minimum absolute atomic E-state index is 0. The summed E-state index contributed by atoms with van der Waals surface area (Å²) in [4.78, 5) is 20.8. The highest BCUT2D eigenvalue weighted by molar-refractivity contribution is 14.0. The molecule has 2 aliphatic rings. The minimum Gasteiger partial charge on any atom is -0.357 e. The van der Waals surface area contributed by atoms with Gasteiger partial charge in [0, 0.05) is 51.7 Å². The molecule has 2 heterocycles. The molecule has 0 bridgehead atoms. The van der Waals surface area contributed by atoms with E-state index in [1.165, 1.54) is 32.4 Å². The number of carbonyl (C=O) groups excluding carboxylic acids is 1. The van der Waals surface area contributed by atoms with E-state index in [4.69, 9.17) is 0 Å². The molecule has 2 aliphatic heterocycles. The van der Waals surface area contributed by atoms with E-state index in [1.54, 1.807) is 0 Å². The number of carbonyl (C=O) groups is 1. The van der Waals surface area contributed by atoms with Crippen LogP contribution < -0.4 is 10.6 Å². The molecule has 2 rings (SSSR count). The van der Waals surface area contributed by atoms with Crippen molar-refractivity contribution in [3.63, 3.8) is 0 Å². The van der Waals surface area contributed by atoms with Crippen LogP contribution in [0.5, 0.6) is 0 Å². The van der Waals surface area contributed by atoms with E-state index >= 15 is 0 Å². The van der Waals surface area contributed by atoms with Crippen LogP contribution in [-0.2, 0) is 4.79 Å². The molecule has 0 spiro atoms. The lowest BCUT2D eigenvalue weighted by Gasteiger charge is -2.33. The number of amides is 1. The average Bonchev–Trinajstić information content (AvgIpc) is 3.02. The maximum Gasteiger partial charge on any atom is 0.222 e. The van der Waals surface area contributed by atoms with Gasteiger partial charge in [-0.15, -0.1) is 24.0 Å². The van der Waals surface area contributed by atoms with E-state index in [0.29, 0.717) is 5.91 Å². The SMILES string of the molecule is CCNC(=NCCCN1CCCC1=O)NCCCN1CCCCC1C.I. The Morgan fingerprint density at radius 1 is 1.15 bits per heavy atom. The average molecular weight is 479 g/mol. The molecule has 2 fully saturated rings. The van der Waals surface area contributed by atoms with Crippen molar-refractivity contribution in [3.05, 3.63) is 0 Å². The summed E-state index contributed by atoms with van der Waals surface area (Å²) in [7, 11) is 0. The molecule has 0 radical (unpaired) electrons. The van der Waals surface area contributed by atoms with Gasteiger partial charge in [0.05, 0.1) is 0 Å². The summed E-state index contributed by atoms with van der Waals surface area (Å²) in [6.07, 6.45) is 7.91. The zero-order valence-corrected chi connectivity index (χ0v) is 19.0. The normalized spacial score (nSPS) is 21.6. The molecule has 2 saturated heterocycles. The Hall–Kier alpha value is -0.570. The first-order valence-corrected chi connectivity index (χ1v) is 10.2. The Balaban J connectivity index is 0.00000338. The highest BCUT2D eigenvalue weighted by atomic mass is 127. The summed E-state index contributed by atoms with van der Waals surface area (Å²) >= 11 is 0. The Morgan fingerprint density at radius 2 is 2.00 bits per heavy atom. The summed E-state index contributed by atoms with van der Waals surface area (Å²) in [5.41, 5.74) is 0. The third-order valence-corrected chi connectivity index (χ3v) is 5.23. The molecule has 0 saturated carbocycles. The van der Waals surface area contributed by atoms with Gasteiger partial charge in [0.25, 0.3) is 0 Å². The van der Waals surface area contributed by atoms with Gasteiger partial charge in [0.1, 0.15) is 0 Å². The maximum absolute atomic E-state index is 11.6. The zero-order valence-electron chi connectivity index (χ0n) is 16.6. The van der Waals surface area contributed by atoms with Crippen molar-refractivity contribution in [3.8, 4) is 0 Å². The Bertz CT molecular complexity index is 432. The van der Waals surface area contributed by atoms with E-state index in [0.717, 1.165) is 70.4 Å². The lowest BCUT2D eigenvalue weighted by Crippen LogP contribution is -2.41. The van der Waals surface area contributed by atoms with Gasteiger partial charge in [-0.2, -0.15) is 0 Å². The summed E-state index contributed by atoms with van der Waals surface area (Å²) in [5.74, 6) is 1.21. The second-order valence-electron chi connectivity index (χ2n) is 7.26. The standard InChI is InChI=1S/C19H37N5O.HI/c1-3-20-19(22-12-8-16-24-14-6-10-18(24)25)21-11-7-15-23-13-5-4-9-17(23)2;/h17H,3-16H2,1-2H3,(H2,20,21,22);1H. The quantitative estimate of drug-likeness (QED) is 0.231. The van der Waals surface area contributed by atoms with Crippen molar-refractivity contribution in [2.75, 3.05) is 45.8 Å². The number of nitrogens with one attached hydrogen (secondary N) is 2. The van der Waals surface area contributed by atoms with E-state index in [1.807, 2.05) is 4.90 Å². The van der Waals surface area contributed by atoms with Crippen LogP contribution in [-0.4, -0.2) is 73.5 Å². The number of nitrogens with zero attached hydrogens (tertiary/aromatic N) is 3. The fourth-order valence-electron chi connectivity index (χ4n) is 3.71. The molecule has 26 heavy (non-hydrogen) atoms. The van der Waals surface area contributed by atoms with Crippen molar-refractivity contribution >= 4 is 35.8 Å². The number of hydrogen-bond acceptors (Lipinski definition) is 3. The second-order valence-corrected chi connectivity index (χ2v) is 7.26. The van der Waals surface area contributed by atoms with Crippen LogP contribution in [0.15, 0.2) is 4.99 Å². The summed E-state index contributed by atoms with van der Waals surface area (Å²) in [5, 5.41) is 6.76. The highest BCUT2D eigenvalue weighted by Crippen LogP contribution is 2.16. The number of halogens is 1. The molecule has 1 atom stereocenters. The minimum atomic E-state index is 0. The van der Waals surface area contributed by atoms with Gasteiger partial charge in [-0.3, -0.25) is 9.79 Å². The number of likely N-dealkylation sites (tertiary alicyclic amines) is 2. The fourth-order valence-corrected chi connectivity index (χ4v) is 3.71. The van der Waals surface area contributed by atoms with Gasteiger partial charge < -0.3 is 20.4 Å². The van der Waals surface area contributed by atoms with E-state index in [9.17, 15) is 4.79 Å². The highest BCUT2D eigenvalue weighted by Gasteiger charge is 2.19. The van der Waals surface area contributed by atoms with Crippen LogP contribution in [0.1, 0.15) is 58.8 Å². The lowest BCUT2D eigenvalue weighted by molar-refractivity contribution is -0.127. The Labute approximate surface area is 176 Å². The van der Waals surface area contributed by atoms with Crippen LogP contribution in [0.4, 0.5) is 0 Å². The predicted molar refractivity (Wildman–Crippen MR) is 119 cm³/mol. The first kappa shape index (κ1) is 23.5. The van der Waals surface area contributed by atoms with E-state index in [-0.39, 0.29) is 24.0 Å². The molecule has 6 nitrogen and oxygen atoms in total. The third kappa shape index (κ3) is 8.41. The van der Waals surface area contributed by atoms with Crippen LogP contribution in [0, 0.1) is 0 Å². The molecular weight excluding hydrogens is 441 g/mol. The van der Waals surface area contributed by atoms with Crippen molar-refractivity contribution in [1.82, 2.24) is 20.4 Å². The van der Waals surface area contributed by atoms with Gasteiger partial charge in [0.2, 0.25) is 5.91 Å². The molecule has 0 aliphatic carbocycles. The van der Waals surface area contributed by atoms with Gasteiger partial charge in [-0.25, -0.2) is 0 Å². The van der Waals surface area contributed by atoms with E-state index in [2.05, 4.69) is 34.4 Å². The molecule has 1 unspecified atom stereocenters. The molecule has 0 aromatic rings. The number of rotatable bonds is 9. The van der Waals surface area contributed by atoms with Crippen molar-refractivity contribution < 1.29 is 4.79 Å². The van der Waals surface area contributed by atoms with Crippen LogP contribution >= 0.6 is 24.0 Å². The van der Waals surface area contributed by atoms with Crippen LogP contribution in [0.2, 0.25) is 0 Å². The zero-order chi connectivity index (χ0) is 17.9. The number of piperidine rings is 1. The molecule has 152 valence electrons. The molecule has 0 aromatic heterocycles. The Morgan fingerprint density at radius 3 is 2.69 bits per heavy atom. The van der Waals surface area contributed by atoms with Gasteiger partial charge in [0.15, 0.2) is 5.96 Å². The largest absolute Gasteiger partial charge is 0.357 e. The monoisotopic (exact) mass is 479 g/mol. The summed E-state index contributed by atoms with van der Waals surface area (Å²) in [6, 6.07) is 0.740. The third-order valence-electron chi connectivity index (χ3n) is 5.23. The van der Waals surface area contributed by atoms with Gasteiger partial charge in [-0.1, -0.05) is 6.42 Å². The first-order chi connectivity index (χ1) is 12.2. The van der Waals surface area contributed by atoms with Crippen LogP contribution in [0.3, 0.4) is 0 Å². The predicted octanol–water partition coefficient (Wildman–Crippen LogP) is 2.44. The summed E-state index contributed by atoms with van der Waals surface area (Å²) in [6.45, 7) is 11.2. The fraction of sp³-hybridized carbons (Fsp3) is 0.895. The number of hydrogen-bond donors (Lipinski definition) is 2. The van der Waals surface area contributed by atoms with Gasteiger partial charge >= 0.3 is 0 Å². The molecule has 0 aromatic carbocycles.